The molecule has 1 aliphatic rings. The van der Waals surface area contributed by atoms with Crippen molar-refractivity contribution in [1.29, 1.82) is 0 Å². The molecule has 1 aliphatic heterocycles. The van der Waals surface area contributed by atoms with Gasteiger partial charge in [0, 0.05) is 6.20 Å². The predicted molar refractivity (Wildman–Crippen MR) is 97.9 cm³/mol. The molecule has 1 amide bonds. The molecule has 9 heteroatoms. The lowest BCUT2D eigenvalue weighted by atomic mass is 10.1. The van der Waals surface area contributed by atoms with Crippen LogP contribution in [0.2, 0.25) is 0 Å². The minimum absolute atomic E-state index is 0.183. The molecule has 0 N–H and O–H groups in total. The van der Waals surface area contributed by atoms with E-state index in [1.54, 1.807) is 11.6 Å². The van der Waals surface area contributed by atoms with Crippen LogP contribution in [-0.4, -0.2) is 44.8 Å². The van der Waals surface area contributed by atoms with Gasteiger partial charge in [0.15, 0.2) is 0 Å². The maximum Gasteiger partial charge on any atom is 0.421 e. The summed E-state index contributed by atoms with van der Waals surface area (Å²) in [5, 5.41) is 4.28. The first-order chi connectivity index (χ1) is 13.8. The Balaban J connectivity index is 1.43. The first kappa shape index (κ1) is 19.0. The van der Waals surface area contributed by atoms with Crippen molar-refractivity contribution < 1.29 is 22.7 Å². The zero-order valence-corrected chi connectivity index (χ0v) is 15.4. The van der Waals surface area contributed by atoms with Crippen LogP contribution in [0.1, 0.15) is 21.6 Å². The molecule has 6 nitrogen and oxygen atoms in total. The number of hydrogen-bond donors (Lipinski definition) is 0. The predicted octanol–water partition coefficient (Wildman–Crippen LogP) is 3.50. The molecule has 1 fully saturated rings. The highest BCUT2D eigenvalue weighted by molar-refractivity contribution is 5.95. The molecule has 1 aromatic carbocycles. The fourth-order valence-electron chi connectivity index (χ4n) is 3.16. The van der Waals surface area contributed by atoms with Crippen molar-refractivity contribution in [2.24, 2.45) is 0 Å². The number of carbonyl (C=O) groups excluding carboxylic acids is 1. The van der Waals surface area contributed by atoms with Gasteiger partial charge in [-0.15, -0.1) is 0 Å². The molecule has 0 bridgehead atoms. The van der Waals surface area contributed by atoms with Crippen LogP contribution in [0.4, 0.5) is 13.2 Å². The van der Waals surface area contributed by atoms with Crippen molar-refractivity contribution in [2.45, 2.75) is 19.2 Å². The number of benzene rings is 1. The van der Waals surface area contributed by atoms with E-state index < -0.39 is 23.7 Å². The summed E-state index contributed by atoms with van der Waals surface area (Å²) >= 11 is 0. The molecule has 0 unspecified atom stereocenters. The Morgan fingerprint density at radius 3 is 2.55 bits per heavy atom. The second kappa shape index (κ2) is 7.23. The summed E-state index contributed by atoms with van der Waals surface area (Å²) in [4.78, 5) is 17.9. The van der Waals surface area contributed by atoms with E-state index in [0.29, 0.717) is 11.3 Å². The monoisotopic (exact) mass is 402 g/mol. The van der Waals surface area contributed by atoms with Crippen LogP contribution in [0.3, 0.4) is 0 Å². The molecule has 0 aliphatic carbocycles. The fourth-order valence-corrected chi connectivity index (χ4v) is 3.16. The second-order valence-electron chi connectivity index (χ2n) is 6.69. The SMILES string of the molecule is Cc1c(C(=O)N2CC(Oc3ncccc3C(F)(F)F)C2)cnn1-c1ccccc1. The molecule has 1 saturated heterocycles. The Labute approximate surface area is 164 Å². The Morgan fingerprint density at radius 2 is 1.86 bits per heavy atom. The standard InChI is InChI=1S/C20H17F3N4O2/c1-13-16(10-25-27(13)14-6-3-2-4-7-14)19(28)26-11-15(12-26)29-18-17(20(21,22)23)8-5-9-24-18/h2-10,15H,11-12H2,1H3. The van der Waals surface area contributed by atoms with E-state index >= 15 is 0 Å². The summed E-state index contributed by atoms with van der Waals surface area (Å²) in [6.07, 6.45) is -2.35. The summed E-state index contributed by atoms with van der Waals surface area (Å²) in [6, 6.07) is 11.5. The number of para-hydroxylation sites is 1. The maximum atomic E-state index is 13.0. The minimum atomic E-state index is -4.55. The smallest absolute Gasteiger partial charge is 0.421 e. The maximum absolute atomic E-state index is 13.0. The van der Waals surface area contributed by atoms with Crippen molar-refractivity contribution in [3.63, 3.8) is 0 Å². The van der Waals surface area contributed by atoms with E-state index in [4.69, 9.17) is 4.74 Å². The number of rotatable bonds is 4. The van der Waals surface area contributed by atoms with Gasteiger partial charge < -0.3 is 9.64 Å². The molecule has 3 aromatic rings. The van der Waals surface area contributed by atoms with Crippen LogP contribution in [0.5, 0.6) is 5.88 Å². The molecule has 0 saturated carbocycles. The van der Waals surface area contributed by atoms with Gasteiger partial charge in [-0.05, 0) is 31.2 Å². The van der Waals surface area contributed by atoms with Crippen LogP contribution in [0, 0.1) is 6.92 Å². The van der Waals surface area contributed by atoms with Crippen molar-refractivity contribution in [2.75, 3.05) is 13.1 Å². The van der Waals surface area contributed by atoms with Crippen LogP contribution in [-0.2, 0) is 6.18 Å². The first-order valence-corrected chi connectivity index (χ1v) is 8.93. The van der Waals surface area contributed by atoms with Gasteiger partial charge in [-0.2, -0.15) is 18.3 Å². The number of alkyl halides is 3. The van der Waals surface area contributed by atoms with E-state index in [-0.39, 0.29) is 19.0 Å². The molecule has 150 valence electrons. The van der Waals surface area contributed by atoms with E-state index in [9.17, 15) is 18.0 Å². The van der Waals surface area contributed by atoms with E-state index in [1.165, 1.54) is 23.4 Å². The van der Waals surface area contributed by atoms with Gasteiger partial charge in [-0.25, -0.2) is 9.67 Å². The van der Waals surface area contributed by atoms with E-state index in [0.717, 1.165) is 11.8 Å². The Hall–Kier alpha value is -3.36. The molecule has 3 heterocycles. The van der Waals surface area contributed by atoms with Crippen LogP contribution in [0.15, 0.2) is 54.9 Å². The van der Waals surface area contributed by atoms with Gasteiger partial charge in [0.25, 0.3) is 5.91 Å². The largest absolute Gasteiger partial charge is 0.470 e. The third-order valence-corrected chi connectivity index (χ3v) is 4.73. The van der Waals surface area contributed by atoms with Crippen molar-refractivity contribution >= 4 is 5.91 Å². The summed E-state index contributed by atoms with van der Waals surface area (Å²) in [5.74, 6) is -0.702. The van der Waals surface area contributed by atoms with Gasteiger partial charge in [0.2, 0.25) is 5.88 Å². The second-order valence-corrected chi connectivity index (χ2v) is 6.69. The molecule has 0 radical (unpaired) electrons. The number of amides is 1. The topological polar surface area (TPSA) is 60.3 Å². The number of ether oxygens (including phenoxy) is 1. The third kappa shape index (κ3) is 3.67. The number of likely N-dealkylation sites (tertiary alicyclic amines) is 1. The number of carbonyl (C=O) groups is 1. The number of nitrogens with zero attached hydrogens (tertiary/aromatic N) is 4. The lowest BCUT2D eigenvalue weighted by molar-refractivity contribution is -0.140. The number of pyridine rings is 1. The number of aromatic nitrogens is 3. The van der Waals surface area contributed by atoms with Crippen molar-refractivity contribution in [3.05, 3.63) is 71.7 Å². The average Bonchev–Trinajstić information content (AvgIpc) is 3.05. The fraction of sp³-hybridized carbons (Fsp3) is 0.250. The van der Waals surface area contributed by atoms with E-state index in [1.807, 2.05) is 30.3 Å². The molecule has 0 atom stereocenters. The highest BCUT2D eigenvalue weighted by Gasteiger charge is 2.39. The molecule has 2 aromatic heterocycles. The molecular formula is C20H17F3N4O2. The van der Waals surface area contributed by atoms with Crippen molar-refractivity contribution in [1.82, 2.24) is 19.7 Å². The quantitative estimate of drug-likeness (QED) is 0.670. The van der Waals surface area contributed by atoms with Crippen LogP contribution >= 0.6 is 0 Å². The average molecular weight is 402 g/mol. The van der Waals surface area contributed by atoms with Gasteiger partial charge >= 0.3 is 6.18 Å². The lowest BCUT2D eigenvalue weighted by Gasteiger charge is -2.38. The summed E-state index contributed by atoms with van der Waals surface area (Å²) in [7, 11) is 0. The van der Waals surface area contributed by atoms with Gasteiger partial charge in [0.05, 0.1) is 36.2 Å². The van der Waals surface area contributed by atoms with Gasteiger partial charge in [-0.1, -0.05) is 18.2 Å². The zero-order valence-electron chi connectivity index (χ0n) is 15.4. The first-order valence-electron chi connectivity index (χ1n) is 8.93. The van der Waals surface area contributed by atoms with Crippen molar-refractivity contribution in [3.8, 4) is 11.6 Å². The van der Waals surface area contributed by atoms with Crippen LogP contribution in [0.25, 0.3) is 5.69 Å². The molecule has 29 heavy (non-hydrogen) atoms. The molecule has 4 rings (SSSR count). The molecular weight excluding hydrogens is 385 g/mol. The van der Waals surface area contributed by atoms with Crippen LogP contribution < -0.4 is 4.74 Å². The van der Waals surface area contributed by atoms with Gasteiger partial charge in [-0.3, -0.25) is 4.79 Å². The third-order valence-electron chi connectivity index (χ3n) is 4.73. The Kier molecular flexibility index (Phi) is 4.73. The summed E-state index contributed by atoms with van der Waals surface area (Å²) < 4.78 is 46.2. The Bertz CT molecular complexity index is 1030. The number of halogens is 3. The lowest BCUT2D eigenvalue weighted by Crippen LogP contribution is -2.56. The number of hydrogen-bond acceptors (Lipinski definition) is 4. The van der Waals surface area contributed by atoms with Gasteiger partial charge in [0.1, 0.15) is 11.7 Å². The minimum Gasteiger partial charge on any atom is -0.470 e. The normalized spacial score (nSPS) is 14.6. The highest BCUT2D eigenvalue weighted by atomic mass is 19.4. The zero-order chi connectivity index (χ0) is 20.6. The molecule has 0 spiro atoms. The summed E-state index contributed by atoms with van der Waals surface area (Å²) in [6.45, 7) is 2.16. The summed E-state index contributed by atoms with van der Waals surface area (Å²) in [5.41, 5.74) is 1.05. The Morgan fingerprint density at radius 1 is 1.14 bits per heavy atom. The highest BCUT2D eigenvalue weighted by Crippen LogP contribution is 2.35. The van der Waals surface area contributed by atoms with E-state index in [2.05, 4.69) is 10.1 Å².